The molecular formula is C16H24N2O2. The summed E-state index contributed by atoms with van der Waals surface area (Å²) in [6, 6.07) is 9.86. The van der Waals surface area contributed by atoms with E-state index < -0.39 is 5.54 Å². The van der Waals surface area contributed by atoms with Crippen LogP contribution >= 0.6 is 0 Å². The van der Waals surface area contributed by atoms with Gasteiger partial charge in [-0.25, -0.2) is 0 Å². The molecule has 2 rings (SSSR count). The van der Waals surface area contributed by atoms with Crippen molar-refractivity contribution in [3.8, 4) is 5.75 Å². The summed E-state index contributed by atoms with van der Waals surface area (Å²) in [5, 5.41) is 0. The Labute approximate surface area is 120 Å². The third-order valence-electron chi connectivity index (χ3n) is 3.68. The number of carbonyl (C=O) groups excluding carboxylic acids is 1. The Kier molecular flexibility index (Phi) is 4.65. The van der Waals surface area contributed by atoms with Crippen LogP contribution in [0.2, 0.25) is 0 Å². The van der Waals surface area contributed by atoms with E-state index in [0.717, 1.165) is 38.3 Å². The van der Waals surface area contributed by atoms with E-state index in [9.17, 15) is 4.79 Å². The van der Waals surface area contributed by atoms with Crippen LogP contribution in [0.25, 0.3) is 0 Å². The minimum Gasteiger partial charge on any atom is -0.493 e. The molecule has 4 heteroatoms. The van der Waals surface area contributed by atoms with Crippen molar-refractivity contribution < 1.29 is 9.53 Å². The van der Waals surface area contributed by atoms with Crippen LogP contribution in [0.15, 0.2) is 30.3 Å². The Morgan fingerprint density at radius 3 is 2.45 bits per heavy atom. The first-order valence-electron chi connectivity index (χ1n) is 7.23. The van der Waals surface area contributed by atoms with Gasteiger partial charge in [0.05, 0.1) is 12.1 Å². The van der Waals surface area contributed by atoms with Crippen molar-refractivity contribution in [1.29, 1.82) is 0 Å². The molecule has 0 atom stereocenters. The van der Waals surface area contributed by atoms with Gasteiger partial charge < -0.3 is 15.4 Å². The second-order valence-electron chi connectivity index (χ2n) is 6.08. The third kappa shape index (κ3) is 3.97. The molecule has 1 aliphatic rings. The maximum Gasteiger partial charge on any atom is 0.242 e. The number of hydrogen-bond donors (Lipinski definition) is 1. The lowest BCUT2D eigenvalue weighted by Crippen LogP contribution is -2.53. The molecule has 4 nitrogen and oxygen atoms in total. The van der Waals surface area contributed by atoms with E-state index in [1.165, 1.54) is 0 Å². The molecule has 0 aromatic heterocycles. The molecule has 0 spiro atoms. The van der Waals surface area contributed by atoms with Crippen molar-refractivity contribution in [2.75, 3.05) is 19.7 Å². The SMILES string of the molecule is CC(C)(N)C(=O)N1CCC(COc2ccccc2)CC1. The quantitative estimate of drug-likeness (QED) is 0.915. The number of likely N-dealkylation sites (tertiary alicyclic amines) is 1. The van der Waals surface area contributed by atoms with Gasteiger partial charge in [-0.1, -0.05) is 18.2 Å². The number of carbonyl (C=O) groups is 1. The van der Waals surface area contributed by atoms with E-state index in [2.05, 4.69) is 0 Å². The molecule has 0 radical (unpaired) electrons. The van der Waals surface area contributed by atoms with Gasteiger partial charge >= 0.3 is 0 Å². The summed E-state index contributed by atoms with van der Waals surface area (Å²) in [4.78, 5) is 13.9. The number of nitrogens with two attached hydrogens (primary N) is 1. The van der Waals surface area contributed by atoms with E-state index in [0.29, 0.717) is 5.92 Å². The predicted molar refractivity (Wildman–Crippen MR) is 79.5 cm³/mol. The number of ether oxygens (including phenoxy) is 1. The lowest BCUT2D eigenvalue weighted by Gasteiger charge is -2.35. The van der Waals surface area contributed by atoms with Crippen LogP contribution in [0.4, 0.5) is 0 Å². The van der Waals surface area contributed by atoms with Gasteiger partial charge in [0.25, 0.3) is 0 Å². The van der Waals surface area contributed by atoms with E-state index in [1.807, 2.05) is 35.2 Å². The highest BCUT2D eigenvalue weighted by Gasteiger charge is 2.30. The second-order valence-corrected chi connectivity index (χ2v) is 6.08. The third-order valence-corrected chi connectivity index (χ3v) is 3.68. The molecule has 1 aliphatic heterocycles. The first-order chi connectivity index (χ1) is 9.47. The van der Waals surface area contributed by atoms with Gasteiger partial charge in [-0.15, -0.1) is 0 Å². The number of hydrogen-bond acceptors (Lipinski definition) is 3. The van der Waals surface area contributed by atoms with E-state index in [4.69, 9.17) is 10.5 Å². The van der Waals surface area contributed by atoms with Crippen molar-refractivity contribution in [3.05, 3.63) is 30.3 Å². The fraction of sp³-hybridized carbons (Fsp3) is 0.562. The zero-order valence-corrected chi connectivity index (χ0v) is 12.3. The molecule has 1 saturated heterocycles. The average molecular weight is 276 g/mol. The second kappa shape index (κ2) is 6.27. The van der Waals surface area contributed by atoms with Crippen molar-refractivity contribution in [1.82, 2.24) is 4.90 Å². The number of para-hydroxylation sites is 1. The molecule has 20 heavy (non-hydrogen) atoms. The molecule has 1 fully saturated rings. The van der Waals surface area contributed by atoms with Gasteiger partial charge in [-0.3, -0.25) is 4.79 Å². The minimum absolute atomic E-state index is 0.0416. The van der Waals surface area contributed by atoms with Crippen LogP contribution in [0.3, 0.4) is 0 Å². The number of piperidine rings is 1. The standard InChI is InChI=1S/C16H24N2O2/c1-16(2,17)15(19)18-10-8-13(9-11-18)12-20-14-6-4-3-5-7-14/h3-7,13H,8-12,17H2,1-2H3. The van der Waals surface area contributed by atoms with Crippen molar-refractivity contribution in [2.24, 2.45) is 11.7 Å². The van der Waals surface area contributed by atoms with Crippen molar-refractivity contribution in [3.63, 3.8) is 0 Å². The normalized spacial score (nSPS) is 17.1. The number of rotatable bonds is 4. The van der Waals surface area contributed by atoms with Crippen molar-refractivity contribution in [2.45, 2.75) is 32.2 Å². The van der Waals surface area contributed by atoms with Crippen LogP contribution < -0.4 is 10.5 Å². The Balaban J connectivity index is 1.76. The van der Waals surface area contributed by atoms with E-state index in [1.54, 1.807) is 13.8 Å². The summed E-state index contributed by atoms with van der Waals surface area (Å²) in [5.41, 5.74) is 5.09. The molecule has 0 unspecified atom stereocenters. The molecule has 1 aromatic rings. The van der Waals surface area contributed by atoms with Crippen LogP contribution in [0.1, 0.15) is 26.7 Å². The van der Waals surface area contributed by atoms with Gasteiger partial charge in [0, 0.05) is 13.1 Å². The first kappa shape index (κ1) is 14.9. The summed E-state index contributed by atoms with van der Waals surface area (Å²) in [6.07, 6.45) is 1.96. The van der Waals surface area contributed by atoms with Crippen LogP contribution in [0.5, 0.6) is 5.75 Å². The van der Waals surface area contributed by atoms with Gasteiger partial charge in [0.2, 0.25) is 5.91 Å². The highest BCUT2D eigenvalue weighted by Crippen LogP contribution is 2.20. The zero-order valence-electron chi connectivity index (χ0n) is 12.3. The van der Waals surface area contributed by atoms with Crippen molar-refractivity contribution >= 4 is 5.91 Å². The largest absolute Gasteiger partial charge is 0.493 e. The summed E-state index contributed by atoms with van der Waals surface area (Å²) >= 11 is 0. The van der Waals surface area contributed by atoms with Gasteiger partial charge in [0.1, 0.15) is 5.75 Å². The lowest BCUT2D eigenvalue weighted by molar-refractivity contribution is -0.137. The average Bonchev–Trinajstić information content (AvgIpc) is 2.45. The summed E-state index contributed by atoms with van der Waals surface area (Å²) < 4.78 is 5.78. The lowest BCUT2D eigenvalue weighted by atomic mass is 9.95. The van der Waals surface area contributed by atoms with Crippen LogP contribution in [-0.2, 0) is 4.79 Å². The molecule has 2 N–H and O–H groups in total. The predicted octanol–water partition coefficient (Wildman–Crippen LogP) is 2.04. The maximum atomic E-state index is 12.1. The molecule has 0 bridgehead atoms. The molecule has 0 saturated carbocycles. The van der Waals surface area contributed by atoms with E-state index >= 15 is 0 Å². The number of amides is 1. The highest BCUT2D eigenvalue weighted by atomic mass is 16.5. The van der Waals surface area contributed by atoms with E-state index in [-0.39, 0.29) is 5.91 Å². The van der Waals surface area contributed by atoms with Crippen LogP contribution in [0, 0.1) is 5.92 Å². The molecule has 1 amide bonds. The fourth-order valence-corrected chi connectivity index (χ4v) is 2.44. The van der Waals surface area contributed by atoms with Crippen LogP contribution in [-0.4, -0.2) is 36.0 Å². The highest BCUT2D eigenvalue weighted by molar-refractivity contribution is 5.85. The Morgan fingerprint density at radius 2 is 1.90 bits per heavy atom. The summed E-state index contributed by atoms with van der Waals surface area (Å²) in [6.45, 7) is 5.81. The topological polar surface area (TPSA) is 55.6 Å². The number of benzene rings is 1. The number of nitrogens with zero attached hydrogens (tertiary/aromatic N) is 1. The molecule has 1 heterocycles. The monoisotopic (exact) mass is 276 g/mol. The molecule has 110 valence electrons. The molecule has 1 aromatic carbocycles. The van der Waals surface area contributed by atoms with Gasteiger partial charge in [0.15, 0.2) is 0 Å². The Hall–Kier alpha value is -1.55. The Morgan fingerprint density at radius 1 is 1.30 bits per heavy atom. The summed E-state index contributed by atoms with van der Waals surface area (Å²) in [5.74, 6) is 1.47. The first-order valence-corrected chi connectivity index (χ1v) is 7.23. The minimum atomic E-state index is -0.770. The molecular weight excluding hydrogens is 252 g/mol. The van der Waals surface area contributed by atoms with Gasteiger partial charge in [-0.05, 0) is 44.7 Å². The smallest absolute Gasteiger partial charge is 0.242 e. The zero-order chi connectivity index (χ0) is 14.6. The molecule has 0 aliphatic carbocycles. The Bertz CT molecular complexity index is 432. The maximum absolute atomic E-state index is 12.1. The fourth-order valence-electron chi connectivity index (χ4n) is 2.44. The van der Waals surface area contributed by atoms with Gasteiger partial charge in [-0.2, -0.15) is 0 Å². The summed E-state index contributed by atoms with van der Waals surface area (Å²) in [7, 11) is 0.